The third-order valence-electron chi connectivity index (χ3n) is 13.5. The van der Waals surface area contributed by atoms with Gasteiger partial charge in [0.15, 0.2) is 12.1 Å². The molecule has 33 heteroatoms. The van der Waals surface area contributed by atoms with Crippen LogP contribution in [0.1, 0.15) is 110 Å². The Morgan fingerprint density at radius 3 is 1.83 bits per heavy atom. The average molecular weight is 1270 g/mol. The number of carboxylic acids is 2. The van der Waals surface area contributed by atoms with Crippen molar-refractivity contribution in [3.8, 4) is 5.75 Å². The number of carboxylic acid groups (broad SMARTS) is 2. The zero-order chi connectivity index (χ0) is 66.0. The van der Waals surface area contributed by atoms with Gasteiger partial charge in [-0.3, -0.25) is 47.9 Å². The number of hydrogen-bond acceptors (Lipinski definition) is 21. The van der Waals surface area contributed by atoms with E-state index in [9.17, 15) is 88.2 Å². The fourth-order valence-corrected chi connectivity index (χ4v) is 8.79. The van der Waals surface area contributed by atoms with Crippen LogP contribution in [-0.2, 0) is 68.7 Å². The number of nitrogens with two attached hydrogens (primary N) is 3. The van der Waals surface area contributed by atoms with Gasteiger partial charge in [0.05, 0.1) is 43.6 Å². The van der Waals surface area contributed by atoms with E-state index in [0.717, 1.165) is 58.4 Å². The van der Waals surface area contributed by atoms with Crippen molar-refractivity contribution in [1.29, 1.82) is 0 Å². The Labute approximate surface area is 513 Å². The minimum absolute atomic E-state index is 0.114. The average Bonchev–Trinajstić information content (AvgIpc) is 3.67. The molecular formula is C55H87ClN12O20. The summed E-state index contributed by atoms with van der Waals surface area (Å²) in [6, 6.07) is -9.29. The van der Waals surface area contributed by atoms with Crippen molar-refractivity contribution in [2.75, 3.05) is 38.7 Å². The molecule has 0 aromatic heterocycles. The minimum atomic E-state index is -2.85. The maximum Gasteiger partial charge on any atom is 0.335 e. The quantitative estimate of drug-likeness (QED) is 0.0162. The summed E-state index contributed by atoms with van der Waals surface area (Å²) in [4.78, 5) is 163. The minimum Gasteiger partial charge on any atom is -0.494 e. The summed E-state index contributed by atoms with van der Waals surface area (Å²) in [7, 11) is 0. The maximum absolute atomic E-state index is 14.3. The van der Waals surface area contributed by atoms with Crippen molar-refractivity contribution in [2.24, 2.45) is 17.2 Å². The lowest BCUT2D eigenvalue weighted by Gasteiger charge is -2.28. The van der Waals surface area contributed by atoms with E-state index in [-0.39, 0.29) is 51.7 Å². The van der Waals surface area contributed by atoms with E-state index >= 15 is 0 Å². The molecule has 0 radical (unpaired) electrons. The van der Waals surface area contributed by atoms with Crippen LogP contribution >= 0.6 is 11.6 Å². The highest BCUT2D eigenvalue weighted by Crippen LogP contribution is 2.17. The van der Waals surface area contributed by atoms with Crippen LogP contribution in [0.3, 0.4) is 0 Å². The molecule has 1 aliphatic heterocycles. The molecule has 9 amide bonds. The molecule has 0 aliphatic carbocycles. The molecule has 1 aromatic rings. The second kappa shape index (κ2) is 40.8. The first-order chi connectivity index (χ1) is 41.7. The van der Waals surface area contributed by atoms with Gasteiger partial charge >= 0.3 is 17.9 Å². The summed E-state index contributed by atoms with van der Waals surface area (Å²) in [6.07, 6.45) is -3.62. The lowest BCUT2D eigenvalue weighted by molar-refractivity contribution is -0.155. The first kappa shape index (κ1) is 76.5. The molecule has 88 heavy (non-hydrogen) atoms. The first-order valence-electron chi connectivity index (χ1n) is 28.9. The van der Waals surface area contributed by atoms with E-state index in [4.69, 9.17) is 38.3 Å². The number of benzene rings is 1. The van der Waals surface area contributed by atoms with Gasteiger partial charge < -0.3 is 105 Å². The standard InChI is InChI=1S/C55H87ClN12O20/c1-4-6-7-8-9-12-22-87-32-15-13-14-30(24-32)23-31(70)25-40(72)60-38-28-88-55(86)43(39(71)27-56)67-53(83)44(45(75)54(84)85)68-46(76)33(5-2)61-52(82)42(29(3)69)66-49(79)36(18-21-59)63-47(77)34(16-10-11-19-57)62-50(80)37(26-41(73)74)65-48(78)35(17-20-58)64-51(38)81/h5,13-15,24,29,31,34-39,42-45,69-71,75H,4,6-12,16-23,25-28,57-59H2,1-3H3,(H,60,72)(H,61,82)(H,62,80)(H,63,77)(H,64,81)(H,65,78)(H,66,79)(H,67,83)(H,68,76)(H,73,74)(H,84,85)/b33-5+/t29-,31?,34-,35+,36-,37-,38-,39+,42-,43-,44-,45?/m0/s1. The van der Waals surface area contributed by atoms with Crippen molar-refractivity contribution in [1.82, 2.24) is 47.9 Å². The topological polar surface area (TPSA) is 531 Å². The number of halogens is 1. The number of nitrogens with one attached hydrogen (secondary N) is 9. The summed E-state index contributed by atoms with van der Waals surface area (Å²) in [6.45, 7) is 2.97. The molecule has 21 N–H and O–H groups in total. The number of alkyl halides is 1. The van der Waals surface area contributed by atoms with E-state index in [1.165, 1.54) is 0 Å². The smallest absolute Gasteiger partial charge is 0.335 e. The van der Waals surface area contributed by atoms with Gasteiger partial charge in [-0.25, -0.2) is 9.59 Å². The van der Waals surface area contributed by atoms with Crippen LogP contribution in [0.25, 0.3) is 0 Å². The lowest BCUT2D eigenvalue weighted by atomic mass is 10.0. The Hall–Kier alpha value is -7.59. The van der Waals surface area contributed by atoms with Gasteiger partial charge in [0.25, 0.3) is 5.91 Å². The largest absolute Gasteiger partial charge is 0.494 e. The van der Waals surface area contributed by atoms with E-state index in [1.54, 1.807) is 24.3 Å². The third-order valence-corrected chi connectivity index (χ3v) is 13.8. The van der Waals surface area contributed by atoms with Gasteiger partial charge in [0.2, 0.25) is 47.3 Å². The van der Waals surface area contributed by atoms with Crippen LogP contribution in [-0.4, -0.2) is 213 Å². The van der Waals surface area contributed by atoms with Crippen LogP contribution in [0.15, 0.2) is 36.0 Å². The molecule has 1 aliphatic rings. The Balaban J connectivity index is 2.77. The number of hydrogen-bond donors (Lipinski definition) is 18. The van der Waals surface area contributed by atoms with Gasteiger partial charge in [0, 0.05) is 0 Å². The molecule has 12 atom stereocenters. The normalized spacial score (nSPS) is 23.7. The van der Waals surface area contributed by atoms with Crippen LogP contribution in [0, 0.1) is 0 Å². The van der Waals surface area contributed by atoms with E-state index in [1.807, 2.05) is 10.6 Å². The molecule has 2 rings (SSSR count). The molecule has 0 spiro atoms. The van der Waals surface area contributed by atoms with Crippen molar-refractivity contribution < 1.29 is 97.6 Å². The molecule has 2 unspecified atom stereocenters. The Morgan fingerprint density at radius 2 is 1.26 bits per heavy atom. The zero-order valence-corrected chi connectivity index (χ0v) is 50.2. The Bertz CT molecular complexity index is 2550. The monoisotopic (exact) mass is 1270 g/mol. The molecule has 1 fully saturated rings. The first-order valence-corrected chi connectivity index (χ1v) is 29.4. The number of carbonyl (C=O) groups excluding carboxylic acids is 10. The summed E-state index contributed by atoms with van der Waals surface area (Å²) in [5.41, 5.74) is 17.0. The fraction of sp³-hybridized carbons (Fsp3) is 0.636. The molecule has 0 bridgehead atoms. The summed E-state index contributed by atoms with van der Waals surface area (Å²) >= 11 is 5.88. The number of aliphatic hydroxyl groups is 4. The lowest BCUT2D eigenvalue weighted by Crippen LogP contribution is -2.62. The van der Waals surface area contributed by atoms with Crippen molar-refractivity contribution in [3.63, 3.8) is 0 Å². The van der Waals surface area contributed by atoms with Crippen LogP contribution in [0.2, 0.25) is 0 Å². The summed E-state index contributed by atoms with van der Waals surface area (Å²) in [5.74, 6) is -17.5. The number of cyclic esters (lactones) is 1. The number of unbranched alkanes of at least 4 members (excludes halogenated alkanes) is 6. The molecule has 494 valence electrons. The third kappa shape index (κ3) is 27.2. The Kier molecular flexibility index (Phi) is 35.5. The molecule has 1 aromatic carbocycles. The van der Waals surface area contributed by atoms with Gasteiger partial charge in [-0.2, -0.15) is 0 Å². The Morgan fingerprint density at radius 1 is 0.693 bits per heavy atom. The van der Waals surface area contributed by atoms with E-state index in [2.05, 4.69) is 44.1 Å². The number of carbonyl (C=O) groups is 12. The number of esters is 1. The number of aliphatic carboxylic acids is 2. The van der Waals surface area contributed by atoms with Gasteiger partial charge in [0.1, 0.15) is 60.3 Å². The number of rotatable bonds is 28. The van der Waals surface area contributed by atoms with Crippen LogP contribution in [0.5, 0.6) is 5.75 Å². The van der Waals surface area contributed by atoms with Crippen molar-refractivity contribution in [3.05, 3.63) is 41.6 Å². The number of allylic oxidation sites excluding steroid dienone is 1. The molecule has 32 nitrogen and oxygen atoms in total. The second-order valence-corrected chi connectivity index (χ2v) is 21.0. The summed E-state index contributed by atoms with van der Waals surface area (Å²) in [5, 5.41) is 82.6. The number of amides is 9. The fourth-order valence-electron chi connectivity index (χ4n) is 8.61. The van der Waals surface area contributed by atoms with Crippen molar-refractivity contribution >= 4 is 82.7 Å². The molecule has 1 saturated heterocycles. The molecule has 1 heterocycles. The SMILES string of the molecule is C/C=C1/NC(=O)[C@H]([C@H](C)O)NC(=O)[C@H](CCN)NC(=O)[C@H](CCCCN)NC(=O)[C@H](CC(=O)O)NC(=O)[C@@H](CCN)NC(=O)[C@@H](NC(=O)CC(O)Cc2cccc(OCCCCCCCC)c2)COC(=O)[C@H]([C@H](O)CCl)NC(=O)[C@H](C(O)C(=O)O)NC1=O. The van der Waals surface area contributed by atoms with Gasteiger partial charge in [-0.1, -0.05) is 57.2 Å². The van der Waals surface area contributed by atoms with Crippen molar-refractivity contribution in [2.45, 2.75) is 183 Å². The maximum atomic E-state index is 14.3. The molecular weight excluding hydrogens is 1180 g/mol. The predicted molar refractivity (Wildman–Crippen MR) is 312 cm³/mol. The number of ether oxygens (including phenoxy) is 2. The van der Waals surface area contributed by atoms with Crippen LogP contribution in [0.4, 0.5) is 0 Å². The van der Waals surface area contributed by atoms with Gasteiger partial charge in [-0.05, 0) is 96.1 Å². The number of aliphatic hydroxyl groups excluding tert-OH is 4. The predicted octanol–water partition coefficient (Wildman–Crippen LogP) is -5.10. The van der Waals surface area contributed by atoms with Gasteiger partial charge in [-0.15, -0.1) is 11.6 Å². The van der Waals surface area contributed by atoms with E-state index in [0.29, 0.717) is 17.9 Å². The second-order valence-electron chi connectivity index (χ2n) is 20.7. The van der Waals surface area contributed by atoms with Crippen LogP contribution < -0.4 is 69.8 Å². The highest BCUT2D eigenvalue weighted by Gasteiger charge is 2.41. The zero-order valence-electron chi connectivity index (χ0n) is 49.5. The molecule has 0 saturated carbocycles. The highest BCUT2D eigenvalue weighted by molar-refractivity contribution is 6.18. The summed E-state index contributed by atoms with van der Waals surface area (Å²) < 4.78 is 11.2. The van der Waals surface area contributed by atoms with E-state index < -0.39 is 181 Å². The highest BCUT2D eigenvalue weighted by atomic mass is 35.5.